The van der Waals surface area contributed by atoms with Crippen LogP contribution in [0.3, 0.4) is 0 Å². The Bertz CT molecular complexity index is 2980. The number of rotatable bonds is 6. The molecule has 0 unspecified atom stereocenters. The highest BCUT2D eigenvalue weighted by Gasteiger charge is 2.21. The molecule has 11 rings (SSSR count). The fourth-order valence-corrected chi connectivity index (χ4v) is 8.37. The summed E-state index contributed by atoms with van der Waals surface area (Å²) in [7, 11) is 0. The number of benzene rings is 10. The summed E-state index contributed by atoms with van der Waals surface area (Å²) in [4.78, 5) is 2.37. The van der Waals surface area contributed by atoms with Crippen molar-refractivity contribution in [3.8, 4) is 56.0 Å². The molecule has 1 aliphatic heterocycles. The van der Waals surface area contributed by atoms with Crippen LogP contribution in [0, 0.1) is 0 Å². The van der Waals surface area contributed by atoms with E-state index in [9.17, 15) is 0 Å². The molecule has 1 heterocycles. The van der Waals surface area contributed by atoms with Gasteiger partial charge in [0.15, 0.2) is 0 Å². The minimum absolute atomic E-state index is 0.892. The Kier molecular flexibility index (Phi) is 7.53. The first-order chi connectivity index (χ1) is 27.7. The minimum atomic E-state index is 0.892. The number of fused-ring (bicyclic) bond motifs is 4. The molecule has 0 radical (unpaired) electrons. The van der Waals surface area contributed by atoms with Gasteiger partial charge in [0.2, 0.25) is 0 Å². The minimum Gasteiger partial charge on any atom is -0.456 e. The zero-order valence-electron chi connectivity index (χ0n) is 30.6. The van der Waals surface area contributed by atoms with Gasteiger partial charge >= 0.3 is 0 Å². The third-order valence-corrected chi connectivity index (χ3v) is 11.2. The van der Waals surface area contributed by atoms with Crippen molar-refractivity contribution >= 4 is 49.4 Å². The van der Waals surface area contributed by atoms with Crippen LogP contribution >= 0.6 is 0 Å². The molecule has 0 fully saturated rings. The highest BCUT2D eigenvalue weighted by molar-refractivity contribution is 6.06. The van der Waals surface area contributed by atoms with Crippen LogP contribution in [0.1, 0.15) is 0 Å². The number of anilines is 3. The summed E-state index contributed by atoms with van der Waals surface area (Å²) >= 11 is 0. The van der Waals surface area contributed by atoms with Crippen molar-refractivity contribution < 1.29 is 4.74 Å². The molecule has 56 heavy (non-hydrogen) atoms. The van der Waals surface area contributed by atoms with Gasteiger partial charge in [-0.25, -0.2) is 0 Å². The predicted octanol–water partition coefficient (Wildman–Crippen LogP) is 15.4. The molecule has 0 saturated carbocycles. The molecule has 2 heteroatoms. The van der Waals surface area contributed by atoms with E-state index in [0.29, 0.717) is 0 Å². The summed E-state index contributed by atoms with van der Waals surface area (Å²) in [6.45, 7) is 0. The van der Waals surface area contributed by atoms with Crippen molar-refractivity contribution in [3.63, 3.8) is 0 Å². The standard InChI is InChI=1S/C54H35NO/c1-3-11-40-31-43(21-19-36(40)9-1)38-23-27-47(28-24-38)55(48-29-25-39(26-30-48)44-22-20-37-10-2-4-12-41(37)32-44)49-15-7-13-42(34-49)46-33-45-14-8-18-53-54(45)51(35-46)50-16-5-6-17-52(50)56-53/h1-35H. The SMILES string of the molecule is c1cc(-c2cc3c4c(cccc4c2)Oc2ccccc2-3)cc(N(c2ccc(-c3ccc4ccccc4c3)cc2)c2ccc(-c3ccc4ccccc4c3)cc2)c1. The van der Waals surface area contributed by atoms with Gasteiger partial charge in [-0.3, -0.25) is 0 Å². The normalized spacial score (nSPS) is 11.7. The Morgan fingerprint density at radius 1 is 0.268 bits per heavy atom. The lowest BCUT2D eigenvalue weighted by Gasteiger charge is -2.27. The molecule has 0 aromatic heterocycles. The summed E-state index contributed by atoms with van der Waals surface area (Å²) in [6.07, 6.45) is 0. The van der Waals surface area contributed by atoms with E-state index >= 15 is 0 Å². The molecule has 0 bridgehead atoms. The Balaban J connectivity index is 1.02. The Labute approximate surface area is 326 Å². The summed E-state index contributed by atoms with van der Waals surface area (Å²) in [5, 5.41) is 7.31. The summed E-state index contributed by atoms with van der Waals surface area (Å²) in [6, 6.07) is 76.6. The molecule has 0 saturated heterocycles. The van der Waals surface area contributed by atoms with Gasteiger partial charge in [-0.1, -0.05) is 140 Å². The van der Waals surface area contributed by atoms with Crippen LogP contribution in [0.15, 0.2) is 212 Å². The van der Waals surface area contributed by atoms with Crippen LogP contribution in [0.25, 0.3) is 76.8 Å². The molecule has 0 spiro atoms. The molecule has 0 N–H and O–H groups in total. The van der Waals surface area contributed by atoms with E-state index in [1.165, 1.54) is 60.3 Å². The molecule has 0 atom stereocenters. The highest BCUT2D eigenvalue weighted by Crippen LogP contribution is 2.48. The van der Waals surface area contributed by atoms with E-state index in [0.717, 1.165) is 45.1 Å². The van der Waals surface area contributed by atoms with Gasteiger partial charge in [0.05, 0.1) is 0 Å². The third kappa shape index (κ3) is 5.59. The highest BCUT2D eigenvalue weighted by atomic mass is 16.5. The molecule has 1 aliphatic rings. The first-order valence-electron chi connectivity index (χ1n) is 19.2. The number of nitrogens with zero attached hydrogens (tertiary/aromatic N) is 1. The largest absolute Gasteiger partial charge is 0.456 e. The van der Waals surface area contributed by atoms with Crippen LogP contribution in [-0.4, -0.2) is 0 Å². The zero-order chi connectivity index (χ0) is 37.0. The van der Waals surface area contributed by atoms with Crippen molar-refractivity contribution in [1.29, 1.82) is 0 Å². The van der Waals surface area contributed by atoms with Gasteiger partial charge < -0.3 is 9.64 Å². The van der Waals surface area contributed by atoms with E-state index < -0.39 is 0 Å². The quantitative estimate of drug-likeness (QED) is 0.170. The fraction of sp³-hybridized carbons (Fsp3) is 0. The molecule has 2 nitrogen and oxygen atoms in total. The van der Waals surface area contributed by atoms with Crippen molar-refractivity contribution in [2.75, 3.05) is 4.90 Å². The fourth-order valence-electron chi connectivity index (χ4n) is 8.37. The molecule has 262 valence electrons. The van der Waals surface area contributed by atoms with Gasteiger partial charge in [0.1, 0.15) is 11.5 Å². The van der Waals surface area contributed by atoms with Crippen molar-refractivity contribution in [2.24, 2.45) is 0 Å². The van der Waals surface area contributed by atoms with Crippen molar-refractivity contribution in [1.82, 2.24) is 0 Å². The maximum absolute atomic E-state index is 6.35. The van der Waals surface area contributed by atoms with Crippen molar-refractivity contribution in [3.05, 3.63) is 212 Å². The molecular weight excluding hydrogens is 679 g/mol. The van der Waals surface area contributed by atoms with Crippen LogP contribution in [-0.2, 0) is 0 Å². The maximum Gasteiger partial charge on any atom is 0.135 e. The third-order valence-electron chi connectivity index (χ3n) is 11.2. The van der Waals surface area contributed by atoms with E-state index in [-0.39, 0.29) is 0 Å². The van der Waals surface area contributed by atoms with Crippen molar-refractivity contribution in [2.45, 2.75) is 0 Å². The monoisotopic (exact) mass is 713 g/mol. The Morgan fingerprint density at radius 3 is 1.43 bits per heavy atom. The summed E-state index contributed by atoms with van der Waals surface area (Å²) in [5.74, 6) is 1.80. The average molecular weight is 714 g/mol. The van der Waals surface area contributed by atoms with Gasteiger partial charge in [0, 0.05) is 28.0 Å². The average Bonchev–Trinajstić information content (AvgIpc) is 3.27. The first kappa shape index (κ1) is 32.0. The van der Waals surface area contributed by atoms with E-state index in [4.69, 9.17) is 4.74 Å². The van der Waals surface area contributed by atoms with E-state index in [1.807, 2.05) is 6.07 Å². The molecule has 0 amide bonds. The number of hydrogen-bond acceptors (Lipinski definition) is 2. The van der Waals surface area contributed by atoms with Gasteiger partial charge in [0.25, 0.3) is 0 Å². The summed E-state index contributed by atoms with van der Waals surface area (Å²) in [5.41, 5.74) is 12.7. The second-order valence-electron chi connectivity index (χ2n) is 14.6. The Morgan fingerprint density at radius 2 is 0.768 bits per heavy atom. The second kappa shape index (κ2) is 13.2. The first-order valence-corrected chi connectivity index (χ1v) is 19.2. The van der Waals surface area contributed by atoms with Crippen LogP contribution < -0.4 is 9.64 Å². The van der Waals surface area contributed by atoms with Crippen LogP contribution in [0.5, 0.6) is 11.5 Å². The number of para-hydroxylation sites is 1. The smallest absolute Gasteiger partial charge is 0.135 e. The zero-order valence-corrected chi connectivity index (χ0v) is 30.6. The molecular formula is C54H35NO. The Hall–Kier alpha value is -7.42. The summed E-state index contributed by atoms with van der Waals surface area (Å²) < 4.78 is 6.35. The van der Waals surface area contributed by atoms with Gasteiger partial charge in [-0.15, -0.1) is 0 Å². The number of hydrogen-bond donors (Lipinski definition) is 0. The van der Waals surface area contributed by atoms with Gasteiger partial charge in [-0.05, 0) is 139 Å². The van der Waals surface area contributed by atoms with Crippen LogP contribution in [0.4, 0.5) is 17.1 Å². The second-order valence-corrected chi connectivity index (χ2v) is 14.6. The lowest BCUT2D eigenvalue weighted by atomic mass is 9.90. The van der Waals surface area contributed by atoms with Gasteiger partial charge in [-0.2, -0.15) is 0 Å². The van der Waals surface area contributed by atoms with Crippen LogP contribution in [0.2, 0.25) is 0 Å². The van der Waals surface area contributed by atoms with E-state index in [2.05, 4.69) is 211 Å². The lowest BCUT2D eigenvalue weighted by Crippen LogP contribution is -2.10. The lowest BCUT2D eigenvalue weighted by molar-refractivity contribution is 0.487. The predicted molar refractivity (Wildman–Crippen MR) is 235 cm³/mol. The molecule has 0 aliphatic carbocycles. The van der Waals surface area contributed by atoms with E-state index in [1.54, 1.807) is 0 Å². The number of ether oxygens (including phenoxy) is 1. The topological polar surface area (TPSA) is 12.5 Å². The maximum atomic E-state index is 6.35. The molecule has 10 aromatic carbocycles. The molecule has 10 aromatic rings.